The highest BCUT2D eigenvalue weighted by atomic mass is 16.3. The van der Waals surface area contributed by atoms with Crippen LogP contribution in [0.25, 0.3) is 11.3 Å². The van der Waals surface area contributed by atoms with E-state index in [-0.39, 0.29) is 6.04 Å². The molecule has 5 heteroatoms. The Morgan fingerprint density at radius 3 is 2.67 bits per heavy atom. The van der Waals surface area contributed by atoms with Crippen LogP contribution in [0.1, 0.15) is 30.0 Å². The lowest BCUT2D eigenvalue weighted by Crippen LogP contribution is -2.07. The lowest BCUT2D eigenvalue weighted by Gasteiger charge is -2.16. The number of rotatable bonds is 3. The van der Waals surface area contributed by atoms with Crippen LogP contribution >= 0.6 is 0 Å². The van der Waals surface area contributed by atoms with E-state index in [1.54, 1.807) is 12.3 Å². The fourth-order valence-corrected chi connectivity index (χ4v) is 2.61. The minimum atomic E-state index is 0.137. The molecule has 0 saturated carbocycles. The summed E-state index contributed by atoms with van der Waals surface area (Å²) in [7, 11) is 0. The van der Waals surface area contributed by atoms with E-state index in [9.17, 15) is 0 Å². The van der Waals surface area contributed by atoms with Crippen molar-refractivity contribution in [3.05, 3.63) is 54.0 Å². The lowest BCUT2D eigenvalue weighted by molar-refractivity contribution is 0.494. The van der Waals surface area contributed by atoms with Crippen LogP contribution in [0.2, 0.25) is 0 Å². The van der Waals surface area contributed by atoms with Crippen LogP contribution in [-0.4, -0.2) is 14.5 Å². The molecule has 0 radical (unpaired) electrons. The summed E-state index contributed by atoms with van der Waals surface area (Å²) in [5.41, 5.74) is 8.81. The number of nitrogens with zero attached hydrogens (tertiary/aromatic N) is 3. The van der Waals surface area contributed by atoms with Crippen molar-refractivity contribution in [1.29, 1.82) is 0 Å². The maximum absolute atomic E-state index is 5.65. The summed E-state index contributed by atoms with van der Waals surface area (Å²) in [5.74, 6) is 2.37. The molecule has 0 aliphatic carbocycles. The SMILES string of the molecule is Cc1cc(C(C)n2cncc2-c2ccc(N)nc2)c(C)o1. The molecule has 0 amide bonds. The highest BCUT2D eigenvalue weighted by molar-refractivity contribution is 5.59. The molecule has 3 rings (SSSR count). The van der Waals surface area contributed by atoms with E-state index in [4.69, 9.17) is 10.2 Å². The minimum absolute atomic E-state index is 0.137. The van der Waals surface area contributed by atoms with Gasteiger partial charge in [0.25, 0.3) is 0 Å². The summed E-state index contributed by atoms with van der Waals surface area (Å²) in [6.45, 7) is 6.08. The van der Waals surface area contributed by atoms with E-state index in [2.05, 4.69) is 27.5 Å². The molecule has 0 bridgehead atoms. The second-order valence-corrected chi connectivity index (χ2v) is 5.20. The van der Waals surface area contributed by atoms with Gasteiger partial charge in [0, 0.05) is 17.3 Å². The Hall–Kier alpha value is -2.56. The van der Waals surface area contributed by atoms with Crippen molar-refractivity contribution < 1.29 is 4.42 Å². The first-order valence-corrected chi connectivity index (χ1v) is 6.87. The zero-order valence-corrected chi connectivity index (χ0v) is 12.4. The topological polar surface area (TPSA) is 69.9 Å². The molecule has 0 aliphatic heterocycles. The highest BCUT2D eigenvalue weighted by Crippen LogP contribution is 2.29. The van der Waals surface area contributed by atoms with Crippen LogP contribution < -0.4 is 5.73 Å². The maximum atomic E-state index is 5.65. The van der Waals surface area contributed by atoms with Gasteiger partial charge in [-0.25, -0.2) is 9.97 Å². The van der Waals surface area contributed by atoms with Gasteiger partial charge in [0.05, 0.1) is 24.3 Å². The third kappa shape index (κ3) is 2.42. The smallest absolute Gasteiger partial charge is 0.123 e. The van der Waals surface area contributed by atoms with E-state index in [0.717, 1.165) is 28.3 Å². The molecule has 2 N–H and O–H groups in total. The Bertz CT molecular complexity index is 755. The summed E-state index contributed by atoms with van der Waals surface area (Å²) >= 11 is 0. The number of hydrogen-bond acceptors (Lipinski definition) is 4. The molecule has 21 heavy (non-hydrogen) atoms. The minimum Gasteiger partial charge on any atom is -0.466 e. The van der Waals surface area contributed by atoms with Gasteiger partial charge in [0.15, 0.2) is 0 Å². The van der Waals surface area contributed by atoms with Crippen molar-refractivity contribution in [2.75, 3.05) is 5.73 Å². The summed E-state index contributed by atoms with van der Waals surface area (Å²) < 4.78 is 7.75. The molecule has 5 nitrogen and oxygen atoms in total. The van der Waals surface area contributed by atoms with Crippen molar-refractivity contribution in [2.24, 2.45) is 0 Å². The van der Waals surface area contributed by atoms with Crippen LogP contribution in [0.4, 0.5) is 5.82 Å². The summed E-state index contributed by atoms with van der Waals surface area (Å²) in [4.78, 5) is 8.43. The number of nitrogens with two attached hydrogens (primary N) is 1. The fourth-order valence-electron chi connectivity index (χ4n) is 2.61. The summed E-state index contributed by atoms with van der Waals surface area (Å²) in [6, 6.07) is 5.96. The number of imidazole rings is 1. The number of hydrogen-bond donors (Lipinski definition) is 1. The standard InChI is InChI=1S/C16H18N4O/c1-10-6-14(12(3)21-10)11(2)20-9-18-8-15(20)13-4-5-16(17)19-7-13/h4-9,11H,1-3H3,(H2,17,19). The van der Waals surface area contributed by atoms with Crippen LogP contribution in [0.15, 0.2) is 41.3 Å². The lowest BCUT2D eigenvalue weighted by atomic mass is 10.1. The molecule has 0 saturated heterocycles. The van der Waals surface area contributed by atoms with Crippen molar-refractivity contribution >= 4 is 5.82 Å². The summed E-state index contributed by atoms with van der Waals surface area (Å²) in [6.07, 6.45) is 5.44. The van der Waals surface area contributed by atoms with Crippen LogP contribution in [-0.2, 0) is 0 Å². The normalized spacial score (nSPS) is 12.5. The number of pyridine rings is 1. The Balaban J connectivity index is 2.02. The predicted molar refractivity (Wildman–Crippen MR) is 81.9 cm³/mol. The number of nitrogen functional groups attached to an aromatic ring is 1. The molecule has 108 valence electrons. The predicted octanol–water partition coefficient (Wildman–Crippen LogP) is 3.35. The maximum Gasteiger partial charge on any atom is 0.123 e. The van der Waals surface area contributed by atoms with Gasteiger partial charge in [-0.3, -0.25) is 0 Å². The van der Waals surface area contributed by atoms with Gasteiger partial charge in [-0.05, 0) is 39.0 Å². The molecule has 0 aliphatic rings. The number of aromatic nitrogens is 3. The zero-order chi connectivity index (χ0) is 15.0. The molecular formula is C16H18N4O. The number of anilines is 1. The molecule has 3 aromatic heterocycles. The Morgan fingerprint density at radius 2 is 2.05 bits per heavy atom. The second-order valence-electron chi connectivity index (χ2n) is 5.20. The molecule has 3 aromatic rings. The van der Waals surface area contributed by atoms with Crippen molar-refractivity contribution in [2.45, 2.75) is 26.8 Å². The van der Waals surface area contributed by atoms with Crippen LogP contribution in [0, 0.1) is 13.8 Å². The van der Waals surface area contributed by atoms with Gasteiger partial charge in [0.2, 0.25) is 0 Å². The fraction of sp³-hybridized carbons (Fsp3) is 0.250. The molecule has 0 fully saturated rings. The first-order chi connectivity index (χ1) is 10.1. The molecule has 1 atom stereocenters. The van der Waals surface area contributed by atoms with E-state index in [0.29, 0.717) is 5.82 Å². The van der Waals surface area contributed by atoms with Crippen molar-refractivity contribution in [3.63, 3.8) is 0 Å². The van der Waals surface area contributed by atoms with Crippen molar-refractivity contribution in [3.8, 4) is 11.3 Å². The first-order valence-electron chi connectivity index (χ1n) is 6.87. The zero-order valence-electron chi connectivity index (χ0n) is 12.4. The summed E-state index contributed by atoms with van der Waals surface area (Å²) in [5, 5.41) is 0. The van der Waals surface area contributed by atoms with Gasteiger partial charge in [-0.1, -0.05) is 0 Å². The van der Waals surface area contributed by atoms with E-state index < -0.39 is 0 Å². The van der Waals surface area contributed by atoms with Gasteiger partial charge in [-0.15, -0.1) is 0 Å². The second kappa shape index (κ2) is 5.09. The third-order valence-corrected chi connectivity index (χ3v) is 3.69. The van der Waals surface area contributed by atoms with E-state index in [1.807, 2.05) is 32.4 Å². The van der Waals surface area contributed by atoms with Gasteiger partial charge in [0.1, 0.15) is 17.3 Å². The van der Waals surface area contributed by atoms with Gasteiger partial charge in [-0.2, -0.15) is 0 Å². The first kappa shape index (κ1) is 13.4. The Kier molecular flexibility index (Phi) is 3.25. The van der Waals surface area contributed by atoms with Crippen LogP contribution in [0.5, 0.6) is 0 Å². The molecule has 3 heterocycles. The Labute approximate surface area is 123 Å². The molecule has 0 aromatic carbocycles. The van der Waals surface area contributed by atoms with Gasteiger partial charge >= 0.3 is 0 Å². The van der Waals surface area contributed by atoms with E-state index in [1.165, 1.54) is 0 Å². The average molecular weight is 282 g/mol. The largest absolute Gasteiger partial charge is 0.466 e. The quantitative estimate of drug-likeness (QED) is 0.799. The molecular weight excluding hydrogens is 264 g/mol. The van der Waals surface area contributed by atoms with Crippen molar-refractivity contribution in [1.82, 2.24) is 14.5 Å². The number of aryl methyl sites for hydroxylation is 2. The third-order valence-electron chi connectivity index (χ3n) is 3.69. The highest BCUT2D eigenvalue weighted by Gasteiger charge is 2.17. The van der Waals surface area contributed by atoms with E-state index >= 15 is 0 Å². The average Bonchev–Trinajstić information content (AvgIpc) is 3.05. The molecule has 0 spiro atoms. The Morgan fingerprint density at radius 1 is 1.24 bits per heavy atom. The van der Waals surface area contributed by atoms with Crippen LogP contribution in [0.3, 0.4) is 0 Å². The monoisotopic (exact) mass is 282 g/mol. The number of furan rings is 1. The molecule has 1 unspecified atom stereocenters. The van der Waals surface area contributed by atoms with Gasteiger partial charge < -0.3 is 14.7 Å².